The first kappa shape index (κ1) is 23.0. The number of aliphatic hydroxyl groups excluding tert-OH is 1. The molecule has 3 rings (SSSR count). The van der Waals surface area contributed by atoms with Crippen molar-refractivity contribution in [1.82, 2.24) is 10.3 Å². The van der Waals surface area contributed by atoms with Crippen LogP contribution in [0.3, 0.4) is 0 Å². The highest BCUT2D eigenvalue weighted by molar-refractivity contribution is 6.00. The fourth-order valence-corrected chi connectivity index (χ4v) is 3.70. The molecule has 168 valence electrons. The number of amides is 1. The Labute approximate surface area is 178 Å². The van der Waals surface area contributed by atoms with E-state index < -0.39 is 24.0 Å². The van der Waals surface area contributed by atoms with Gasteiger partial charge in [0.15, 0.2) is 0 Å². The van der Waals surface area contributed by atoms with Crippen molar-refractivity contribution in [2.24, 2.45) is 5.92 Å². The van der Waals surface area contributed by atoms with Crippen LogP contribution in [-0.4, -0.2) is 55.6 Å². The van der Waals surface area contributed by atoms with Crippen molar-refractivity contribution in [2.75, 3.05) is 27.4 Å². The summed E-state index contributed by atoms with van der Waals surface area (Å²) in [7, 11) is 2.97. The molecule has 0 fully saturated rings. The van der Waals surface area contributed by atoms with Gasteiger partial charge in [0.1, 0.15) is 5.75 Å². The van der Waals surface area contributed by atoms with E-state index >= 15 is 0 Å². The van der Waals surface area contributed by atoms with Gasteiger partial charge >= 0.3 is 6.18 Å². The number of methoxy groups -OCH3 is 2. The van der Waals surface area contributed by atoms with E-state index in [1.54, 1.807) is 24.3 Å². The third-order valence-electron chi connectivity index (χ3n) is 5.40. The molecule has 31 heavy (non-hydrogen) atoms. The molecule has 1 aromatic carbocycles. The van der Waals surface area contributed by atoms with Crippen LogP contribution in [0, 0.1) is 5.92 Å². The molecule has 0 bridgehead atoms. The van der Waals surface area contributed by atoms with Gasteiger partial charge in [0, 0.05) is 24.3 Å². The quantitative estimate of drug-likeness (QED) is 0.689. The number of rotatable bonds is 7. The van der Waals surface area contributed by atoms with E-state index in [9.17, 15) is 23.1 Å². The SMILES string of the molecule is COC[C@H](CO)NC(=O)c1cnc2c(C3=CCC(C(F)(F)F)CC3)cc(OC)cc2c1. The van der Waals surface area contributed by atoms with Crippen molar-refractivity contribution in [1.29, 1.82) is 0 Å². The van der Waals surface area contributed by atoms with Crippen LogP contribution in [0.25, 0.3) is 16.5 Å². The number of alkyl halides is 3. The average Bonchev–Trinajstić information content (AvgIpc) is 2.76. The number of pyridine rings is 1. The molecule has 0 saturated heterocycles. The molecular weight excluding hydrogens is 413 g/mol. The fourth-order valence-electron chi connectivity index (χ4n) is 3.70. The Morgan fingerprint density at radius 2 is 2.10 bits per heavy atom. The van der Waals surface area contributed by atoms with Gasteiger partial charge in [-0.3, -0.25) is 9.78 Å². The third kappa shape index (κ3) is 5.34. The molecule has 9 heteroatoms. The summed E-state index contributed by atoms with van der Waals surface area (Å²) >= 11 is 0. The minimum absolute atomic E-state index is 0.0244. The van der Waals surface area contributed by atoms with E-state index in [0.29, 0.717) is 22.2 Å². The molecule has 1 aliphatic carbocycles. The van der Waals surface area contributed by atoms with Gasteiger partial charge in [0.2, 0.25) is 0 Å². The lowest BCUT2D eigenvalue weighted by atomic mass is 9.85. The van der Waals surface area contributed by atoms with E-state index in [-0.39, 0.29) is 38.0 Å². The Morgan fingerprint density at radius 1 is 1.32 bits per heavy atom. The van der Waals surface area contributed by atoms with Crippen LogP contribution in [-0.2, 0) is 4.74 Å². The number of fused-ring (bicyclic) bond motifs is 1. The summed E-state index contributed by atoms with van der Waals surface area (Å²) in [5.74, 6) is -1.23. The smallest absolute Gasteiger partial charge is 0.392 e. The lowest BCUT2D eigenvalue weighted by Gasteiger charge is -2.24. The molecule has 0 radical (unpaired) electrons. The number of nitrogens with zero attached hydrogens (tertiary/aromatic N) is 1. The molecule has 0 aliphatic heterocycles. The Kier molecular flexibility index (Phi) is 7.17. The fraction of sp³-hybridized carbons (Fsp3) is 0.455. The van der Waals surface area contributed by atoms with Crippen molar-refractivity contribution >= 4 is 22.4 Å². The van der Waals surface area contributed by atoms with E-state index in [4.69, 9.17) is 9.47 Å². The number of nitrogens with one attached hydrogen (secondary N) is 1. The van der Waals surface area contributed by atoms with Gasteiger partial charge in [-0.25, -0.2) is 0 Å². The molecule has 1 aliphatic rings. The molecule has 6 nitrogen and oxygen atoms in total. The number of aliphatic hydroxyl groups is 1. The van der Waals surface area contributed by atoms with Gasteiger partial charge in [0.05, 0.1) is 43.4 Å². The maximum absolute atomic E-state index is 13.0. The summed E-state index contributed by atoms with van der Waals surface area (Å²) in [6.45, 7) is -0.111. The molecule has 2 aromatic rings. The molecule has 1 aromatic heterocycles. The zero-order valence-corrected chi connectivity index (χ0v) is 17.3. The first-order valence-corrected chi connectivity index (χ1v) is 9.91. The number of hydrogen-bond donors (Lipinski definition) is 2. The zero-order valence-electron chi connectivity index (χ0n) is 17.3. The van der Waals surface area contributed by atoms with Crippen molar-refractivity contribution in [2.45, 2.75) is 31.5 Å². The number of halogens is 3. The number of benzene rings is 1. The summed E-state index contributed by atoms with van der Waals surface area (Å²) in [5.41, 5.74) is 2.37. The summed E-state index contributed by atoms with van der Waals surface area (Å²) in [5, 5.41) is 12.6. The highest BCUT2D eigenvalue weighted by Gasteiger charge is 2.39. The highest BCUT2D eigenvalue weighted by atomic mass is 19.4. The van der Waals surface area contributed by atoms with E-state index in [1.807, 2.05) is 0 Å². The summed E-state index contributed by atoms with van der Waals surface area (Å²) in [6.07, 6.45) is -0.929. The second-order valence-electron chi connectivity index (χ2n) is 7.52. The standard InChI is InChI=1S/C22H25F3N2O4/c1-30-12-17(11-28)27-21(29)15-7-14-8-18(31-2)9-19(20(14)26-10-15)13-3-5-16(6-4-13)22(23,24)25/h3,7-10,16-17,28H,4-6,11-12H2,1-2H3,(H,27,29)/t16?,17-/m0/s1. The van der Waals surface area contributed by atoms with E-state index in [2.05, 4.69) is 10.3 Å². The normalized spacial score (nSPS) is 17.9. The topological polar surface area (TPSA) is 80.7 Å². The minimum Gasteiger partial charge on any atom is -0.497 e. The Morgan fingerprint density at radius 3 is 2.68 bits per heavy atom. The van der Waals surface area contributed by atoms with Crippen molar-refractivity contribution < 1.29 is 32.5 Å². The van der Waals surface area contributed by atoms with Crippen LogP contribution >= 0.6 is 0 Å². The zero-order chi connectivity index (χ0) is 22.6. The highest BCUT2D eigenvalue weighted by Crippen LogP contribution is 2.41. The largest absolute Gasteiger partial charge is 0.497 e. The molecule has 2 atom stereocenters. The Balaban J connectivity index is 1.94. The Bertz CT molecular complexity index is 975. The second kappa shape index (κ2) is 9.65. The van der Waals surface area contributed by atoms with Crippen molar-refractivity contribution in [3.8, 4) is 5.75 Å². The van der Waals surface area contributed by atoms with Crippen LogP contribution in [0.15, 0.2) is 30.5 Å². The predicted octanol–water partition coefficient (Wildman–Crippen LogP) is 3.73. The van der Waals surface area contributed by atoms with Crippen LogP contribution in [0.1, 0.15) is 35.2 Å². The van der Waals surface area contributed by atoms with Crippen LogP contribution in [0.5, 0.6) is 5.75 Å². The predicted molar refractivity (Wildman–Crippen MR) is 110 cm³/mol. The van der Waals surface area contributed by atoms with Crippen LogP contribution < -0.4 is 10.1 Å². The first-order valence-electron chi connectivity index (χ1n) is 9.91. The lowest BCUT2D eigenvalue weighted by molar-refractivity contribution is -0.175. The number of allylic oxidation sites excluding steroid dienone is 2. The van der Waals surface area contributed by atoms with E-state index in [0.717, 1.165) is 5.57 Å². The minimum atomic E-state index is -4.20. The van der Waals surface area contributed by atoms with Gasteiger partial charge in [-0.2, -0.15) is 13.2 Å². The monoisotopic (exact) mass is 438 g/mol. The average molecular weight is 438 g/mol. The van der Waals surface area contributed by atoms with Crippen molar-refractivity contribution in [3.63, 3.8) is 0 Å². The number of carbonyl (C=O) groups excluding carboxylic acids is 1. The first-order chi connectivity index (χ1) is 14.8. The molecule has 1 amide bonds. The van der Waals surface area contributed by atoms with Gasteiger partial charge in [0.25, 0.3) is 5.91 Å². The van der Waals surface area contributed by atoms with Gasteiger partial charge < -0.3 is 19.9 Å². The van der Waals surface area contributed by atoms with Gasteiger partial charge in [-0.1, -0.05) is 6.08 Å². The summed E-state index contributed by atoms with van der Waals surface area (Å²) in [4.78, 5) is 17.0. The number of carbonyl (C=O) groups is 1. The molecule has 1 heterocycles. The second-order valence-corrected chi connectivity index (χ2v) is 7.52. The van der Waals surface area contributed by atoms with E-state index in [1.165, 1.54) is 20.4 Å². The van der Waals surface area contributed by atoms with Crippen molar-refractivity contribution in [3.05, 3.63) is 41.6 Å². The third-order valence-corrected chi connectivity index (χ3v) is 5.40. The molecule has 0 saturated carbocycles. The van der Waals surface area contributed by atoms with Gasteiger partial charge in [-0.05, 0) is 43.0 Å². The Hall–Kier alpha value is -2.65. The maximum Gasteiger partial charge on any atom is 0.392 e. The summed E-state index contributed by atoms with van der Waals surface area (Å²) < 4.78 is 49.3. The molecule has 1 unspecified atom stereocenters. The maximum atomic E-state index is 13.0. The number of ether oxygens (including phenoxy) is 2. The molecular formula is C22H25F3N2O4. The van der Waals surface area contributed by atoms with Crippen LogP contribution in [0.2, 0.25) is 0 Å². The summed E-state index contributed by atoms with van der Waals surface area (Å²) in [6, 6.07) is 4.58. The lowest BCUT2D eigenvalue weighted by Crippen LogP contribution is -2.40. The molecule has 0 spiro atoms. The van der Waals surface area contributed by atoms with Crippen LogP contribution in [0.4, 0.5) is 13.2 Å². The number of hydrogen-bond acceptors (Lipinski definition) is 5. The number of aromatic nitrogens is 1. The molecule has 2 N–H and O–H groups in total. The van der Waals surface area contributed by atoms with Gasteiger partial charge in [-0.15, -0.1) is 0 Å².